The fraction of sp³-hybridized carbons (Fsp3) is 0.333. The van der Waals surface area contributed by atoms with Gasteiger partial charge in [-0.25, -0.2) is 9.80 Å². The molecule has 2 rings (SSSR count). The summed E-state index contributed by atoms with van der Waals surface area (Å²) < 4.78 is 9.78. The molecular weight excluding hydrogens is 372 g/mol. The Kier molecular flexibility index (Phi) is 6.95. The van der Waals surface area contributed by atoms with E-state index >= 15 is 0 Å². The third-order valence-electron chi connectivity index (χ3n) is 3.76. The second kappa shape index (κ2) is 9.18. The third-order valence-corrected chi connectivity index (χ3v) is 4.01. The molecule has 0 amide bonds. The molecule has 0 N–H and O–H groups in total. The molecule has 0 radical (unpaired) electrons. The Labute approximate surface area is 162 Å². The van der Waals surface area contributed by atoms with Crippen LogP contribution < -0.4 is 5.01 Å². The molecule has 0 aromatic heterocycles. The van der Waals surface area contributed by atoms with E-state index in [1.807, 2.05) is 0 Å². The van der Waals surface area contributed by atoms with E-state index in [-0.39, 0.29) is 0 Å². The number of hydrogen-bond donors (Lipinski definition) is 0. The molecule has 27 heavy (non-hydrogen) atoms. The lowest BCUT2D eigenvalue weighted by atomic mass is 9.95. The van der Waals surface area contributed by atoms with Gasteiger partial charge in [-0.2, -0.15) is 10.2 Å². The highest BCUT2D eigenvalue weighted by atomic mass is 35.5. The zero-order valence-corrected chi connectivity index (χ0v) is 16.3. The van der Waals surface area contributed by atoms with Gasteiger partial charge in [0.25, 0.3) is 0 Å². The van der Waals surface area contributed by atoms with Crippen molar-refractivity contribution in [3.8, 4) is 0 Å². The summed E-state index contributed by atoms with van der Waals surface area (Å²) in [5.41, 5.74) is 0.950. The molecule has 1 aromatic rings. The summed E-state index contributed by atoms with van der Waals surface area (Å²) in [4.78, 5) is 24.8. The molecule has 0 spiro atoms. The van der Waals surface area contributed by atoms with Crippen molar-refractivity contribution in [1.29, 1.82) is 0 Å². The van der Waals surface area contributed by atoms with E-state index in [1.165, 1.54) is 19.2 Å². The van der Waals surface area contributed by atoms with Gasteiger partial charge in [0.2, 0.25) is 0 Å². The number of nitrogens with zero attached hydrogens (tertiary/aromatic N) is 4. The summed E-state index contributed by atoms with van der Waals surface area (Å²) in [5.74, 6) is -2.13. The Balaban J connectivity index is 2.46. The standard InChI is InChI=1S/C18H21ClN4O4/c1-22(2)20-11-5-6-14-15(17(24)26-3)16(18(25)27-4)23(21-14)13-9-7-12(19)8-10-13/h5-11,15-16H,1-4H3/b6-5+,20-11+/t15-,16-/m0/s1. The van der Waals surface area contributed by atoms with Crippen LogP contribution in [0.15, 0.2) is 46.6 Å². The van der Waals surface area contributed by atoms with Gasteiger partial charge in [0.15, 0.2) is 6.04 Å². The highest BCUT2D eigenvalue weighted by Crippen LogP contribution is 2.31. The first-order chi connectivity index (χ1) is 12.9. The predicted octanol–water partition coefficient (Wildman–Crippen LogP) is 1.95. The summed E-state index contributed by atoms with van der Waals surface area (Å²) >= 11 is 5.94. The molecule has 0 saturated carbocycles. The maximum absolute atomic E-state index is 12.4. The molecule has 0 unspecified atom stereocenters. The SMILES string of the molecule is COC(=O)[C@H]1C(/C=C/C=N/N(C)C)=NN(c2ccc(Cl)cc2)[C@@H]1C(=O)OC. The number of allylic oxidation sites excluding steroid dienone is 2. The largest absolute Gasteiger partial charge is 0.468 e. The maximum Gasteiger partial charge on any atom is 0.332 e. The van der Waals surface area contributed by atoms with E-state index in [1.54, 1.807) is 61.7 Å². The number of ether oxygens (including phenoxy) is 2. The number of esters is 2. The van der Waals surface area contributed by atoms with Crippen LogP contribution in [0, 0.1) is 5.92 Å². The second-order valence-corrected chi connectivity index (χ2v) is 6.22. The van der Waals surface area contributed by atoms with Gasteiger partial charge in [0, 0.05) is 25.3 Å². The van der Waals surface area contributed by atoms with Gasteiger partial charge in [-0.3, -0.25) is 4.79 Å². The van der Waals surface area contributed by atoms with E-state index in [0.29, 0.717) is 16.4 Å². The molecule has 0 fully saturated rings. The van der Waals surface area contributed by atoms with E-state index in [4.69, 9.17) is 21.1 Å². The first kappa shape index (κ1) is 20.4. The van der Waals surface area contributed by atoms with Gasteiger partial charge in [0.05, 0.1) is 25.6 Å². The summed E-state index contributed by atoms with van der Waals surface area (Å²) in [6, 6.07) is 5.76. The minimum Gasteiger partial charge on any atom is -0.468 e. The molecule has 1 aromatic carbocycles. The zero-order chi connectivity index (χ0) is 20.0. The average Bonchev–Trinajstić information content (AvgIpc) is 3.03. The smallest absolute Gasteiger partial charge is 0.332 e. The summed E-state index contributed by atoms with van der Waals surface area (Å²) in [6.07, 6.45) is 4.80. The quantitative estimate of drug-likeness (QED) is 0.418. The van der Waals surface area contributed by atoms with Crippen LogP contribution in [0.1, 0.15) is 0 Å². The number of halogens is 1. The van der Waals surface area contributed by atoms with Crippen molar-refractivity contribution in [3.63, 3.8) is 0 Å². The Morgan fingerprint density at radius 1 is 1.19 bits per heavy atom. The van der Waals surface area contributed by atoms with Crippen molar-refractivity contribution in [2.45, 2.75) is 6.04 Å². The highest BCUT2D eigenvalue weighted by molar-refractivity contribution is 6.30. The monoisotopic (exact) mass is 392 g/mol. The minimum atomic E-state index is -0.992. The number of benzene rings is 1. The predicted molar refractivity (Wildman–Crippen MR) is 104 cm³/mol. The van der Waals surface area contributed by atoms with E-state index in [0.717, 1.165) is 0 Å². The first-order valence-corrected chi connectivity index (χ1v) is 8.43. The number of anilines is 1. The van der Waals surface area contributed by atoms with E-state index in [9.17, 15) is 9.59 Å². The molecule has 1 heterocycles. The molecule has 8 nitrogen and oxygen atoms in total. The topological polar surface area (TPSA) is 83.8 Å². The fourth-order valence-electron chi connectivity index (χ4n) is 2.55. The number of carbonyl (C=O) groups excluding carboxylic acids is 2. The molecule has 9 heteroatoms. The van der Waals surface area contributed by atoms with Gasteiger partial charge in [-0.15, -0.1) is 0 Å². The molecular formula is C18H21ClN4O4. The van der Waals surface area contributed by atoms with Crippen molar-refractivity contribution in [1.82, 2.24) is 5.01 Å². The average molecular weight is 393 g/mol. The molecule has 144 valence electrons. The molecule has 0 aliphatic carbocycles. The van der Waals surface area contributed by atoms with Crippen molar-refractivity contribution < 1.29 is 19.1 Å². The first-order valence-electron chi connectivity index (χ1n) is 8.06. The Bertz CT molecular complexity index is 774. The van der Waals surface area contributed by atoms with Crippen molar-refractivity contribution >= 4 is 41.2 Å². The van der Waals surface area contributed by atoms with Crippen molar-refractivity contribution in [2.24, 2.45) is 16.1 Å². The number of hydrazone groups is 2. The second-order valence-electron chi connectivity index (χ2n) is 5.79. The van der Waals surface area contributed by atoms with Crippen LogP contribution in [-0.2, 0) is 19.1 Å². The van der Waals surface area contributed by atoms with Crippen LogP contribution in [0.3, 0.4) is 0 Å². The van der Waals surface area contributed by atoms with E-state index < -0.39 is 23.9 Å². The lowest BCUT2D eigenvalue weighted by Gasteiger charge is -2.24. The van der Waals surface area contributed by atoms with E-state index in [2.05, 4.69) is 10.2 Å². The van der Waals surface area contributed by atoms with Crippen LogP contribution in [0.25, 0.3) is 0 Å². The van der Waals surface area contributed by atoms with Gasteiger partial charge >= 0.3 is 11.9 Å². The number of methoxy groups -OCH3 is 2. The summed E-state index contributed by atoms with van der Waals surface area (Å²) in [6.45, 7) is 0. The van der Waals surface area contributed by atoms with Gasteiger partial charge in [-0.05, 0) is 36.4 Å². The molecule has 0 saturated heterocycles. The van der Waals surface area contributed by atoms with Crippen molar-refractivity contribution in [3.05, 3.63) is 41.4 Å². The van der Waals surface area contributed by atoms with Gasteiger partial charge in [0.1, 0.15) is 5.92 Å². The summed E-state index contributed by atoms with van der Waals surface area (Å²) in [5, 5.41) is 12.1. The third kappa shape index (κ3) is 4.85. The summed E-state index contributed by atoms with van der Waals surface area (Å²) in [7, 11) is 6.08. The number of carbonyl (C=O) groups is 2. The van der Waals surface area contributed by atoms with Gasteiger partial charge < -0.3 is 14.5 Å². The lowest BCUT2D eigenvalue weighted by molar-refractivity contribution is -0.150. The minimum absolute atomic E-state index is 0.359. The van der Waals surface area contributed by atoms with Crippen molar-refractivity contribution in [2.75, 3.05) is 33.3 Å². The highest BCUT2D eigenvalue weighted by Gasteiger charge is 2.47. The zero-order valence-electron chi connectivity index (χ0n) is 15.5. The number of hydrogen-bond acceptors (Lipinski definition) is 8. The molecule has 0 bridgehead atoms. The number of rotatable bonds is 6. The van der Waals surface area contributed by atoms with Crippen LogP contribution >= 0.6 is 11.6 Å². The molecule has 2 atom stereocenters. The molecule has 1 aliphatic heterocycles. The van der Waals surface area contributed by atoms with Crippen LogP contribution in [0.2, 0.25) is 5.02 Å². The normalized spacial score (nSPS) is 19.4. The maximum atomic E-state index is 12.4. The van der Waals surface area contributed by atoms with Crippen LogP contribution in [-0.4, -0.2) is 63.2 Å². The fourth-order valence-corrected chi connectivity index (χ4v) is 2.67. The Hall–Kier alpha value is -2.87. The Morgan fingerprint density at radius 2 is 1.81 bits per heavy atom. The van der Waals surface area contributed by atoms with Crippen LogP contribution in [0.4, 0.5) is 5.69 Å². The molecule has 1 aliphatic rings. The van der Waals surface area contributed by atoms with Crippen LogP contribution in [0.5, 0.6) is 0 Å². The lowest BCUT2D eigenvalue weighted by Crippen LogP contribution is -2.44. The Morgan fingerprint density at radius 3 is 2.37 bits per heavy atom. The van der Waals surface area contributed by atoms with Gasteiger partial charge in [-0.1, -0.05) is 11.6 Å².